The summed E-state index contributed by atoms with van der Waals surface area (Å²) in [4.78, 5) is 12.2. The Labute approximate surface area is 122 Å². The van der Waals surface area contributed by atoms with Crippen LogP contribution in [-0.4, -0.2) is 25.2 Å². The number of halogens is 1. The monoisotopic (exact) mass is 325 g/mol. The summed E-state index contributed by atoms with van der Waals surface area (Å²) < 4.78 is 6.36. The lowest BCUT2D eigenvalue weighted by atomic mass is 9.64. The molecular formula is C15H20BrNO2. The quantitative estimate of drug-likeness (QED) is 0.925. The van der Waals surface area contributed by atoms with Crippen molar-refractivity contribution in [3.63, 3.8) is 0 Å². The van der Waals surface area contributed by atoms with Crippen LogP contribution in [0.15, 0.2) is 22.7 Å². The Kier molecular flexibility index (Phi) is 4.02. The summed E-state index contributed by atoms with van der Waals surface area (Å²) in [7, 11) is 1.72. The van der Waals surface area contributed by atoms with Gasteiger partial charge in [-0.05, 0) is 31.0 Å². The van der Waals surface area contributed by atoms with E-state index >= 15 is 0 Å². The highest BCUT2D eigenvalue weighted by Crippen LogP contribution is 2.42. The number of carbonyl (C=O) groups is 1. The lowest BCUT2D eigenvalue weighted by Gasteiger charge is -2.51. The highest BCUT2D eigenvalue weighted by Gasteiger charge is 2.49. The summed E-state index contributed by atoms with van der Waals surface area (Å²) in [5.74, 6) is -0.0201. The zero-order valence-electron chi connectivity index (χ0n) is 11.8. The molecule has 0 aromatic heterocycles. The van der Waals surface area contributed by atoms with E-state index in [4.69, 9.17) is 4.74 Å². The number of ether oxygens (including phenoxy) is 1. The number of amides is 1. The van der Waals surface area contributed by atoms with Gasteiger partial charge in [0.25, 0.3) is 5.91 Å². The Morgan fingerprint density at radius 2 is 2.16 bits per heavy atom. The van der Waals surface area contributed by atoms with Gasteiger partial charge in [-0.3, -0.25) is 4.79 Å². The molecule has 3 nitrogen and oxygen atoms in total. The summed E-state index contributed by atoms with van der Waals surface area (Å²) in [5, 5.41) is 3.09. The smallest absolute Gasteiger partial charge is 0.251 e. The van der Waals surface area contributed by atoms with Gasteiger partial charge in [0.15, 0.2) is 0 Å². The lowest BCUT2D eigenvalue weighted by molar-refractivity contribution is -0.0942. The lowest BCUT2D eigenvalue weighted by Crippen LogP contribution is -2.61. The maximum absolute atomic E-state index is 12.2. The van der Waals surface area contributed by atoms with E-state index in [1.807, 2.05) is 25.1 Å². The number of rotatable bonds is 3. The third kappa shape index (κ3) is 2.70. The molecule has 0 spiro atoms. The first kappa shape index (κ1) is 14.5. The molecule has 2 unspecified atom stereocenters. The fraction of sp³-hybridized carbons (Fsp3) is 0.533. The highest BCUT2D eigenvalue weighted by molar-refractivity contribution is 9.10. The second kappa shape index (κ2) is 5.25. The summed E-state index contributed by atoms with van der Waals surface area (Å²) in [5.41, 5.74) is 1.81. The van der Waals surface area contributed by atoms with Crippen molar-refractivity contribution in [2.24, 2.45) is 5.41 Å². The third-order valence-corrected chi connectivity index (χ3v) is 5.06. The Morgan fingerprint density at radius 1 is 1.47 bits per heavy atom. The van der Waals surface area contributed by atoms with E-state index in [1.54, 1.807) is 7.11 Å². The summed E-state index contributed by atoms with van der Waals surface area (Å²) >= 11 is 3.45. The highest BCUT2D eigenvalue weighted by atomic mass is 79.9. The molecule has 1 aromatic carbocycles. The third-order valence-electron chi connectivity index (χ3n) is 4.20. The van der Waals surface area contributed by atoms with E-state index in [0.29, 0.717) is 5.56 Å². The van der Waals surface area contributed by atoms with Crippen molar-refractivity contribution in [2.45, 2.75) is 39.3 Å². The molecule has 0 radical (unpaired) electrons. The van der Waals surface area contributed by atoms with Crippen LogP contribution in [0.5, 0.6) is 0 Å². The first-order valence-electron chi connectivity index (χ1n) is 6.46. The van der Waals surface area contributed by atoms with Crippen molar-refractivity contribution in [3.8, 4) is 0 Å². The summed E-state index contributed by atoms with van der Waals surface area (Å²) in [6.45, 7) is 6.26. The number of hydrogen-bond donors (Lipinski definition) is 1. The predicted molar refractivity (Wildman–Crippen MR) is 79.3 cm³/mol. The largest absolute Gasteiger partial charge is 0.381 e. The molecule has 2 rings (SSSR count). The SMILES string of the molecule is COC1CC(NC(=O)c2ccc(C)c(Br)c2)C1(C)C. The molecule has 0 aliphatic heterocycles. The minimum Gasteiger partial charge on any atom is -0.381 e. The van der Waals surface area contributed by atoms with Crippen LogP contribution in [0, 0.1) is 12.3 Å². The standard InChI is InChI=1S/C15H20BrNO2/c1-9-5-6-10(7-11(9)16)14(18)17-12-8-13(19-4)15(12,2)3/h5-7,12-13H,8H2,1-4H3,(H,17,18). The Bertz CT molecular complexity index is 499. The molecule has 1 aliphatic rings. The molecule has 104 valence electrons. The van der Waals surface area contributed by atoms with Crippen molar-refractivity contribution in [1.29, 1.82) is 0 Å². The van der Waals surface area contributed by atoms with E-state index in [9.17, 15) is 4.79 Å². The second-order valence-corrected chi connectivity index (χ2v) is 6.63. The van der Waals surface area contributed by atoms with E-state index in [2.05, 4.69) is 35.1 Å². The first-order valence-corrected chi connectivity index (χ1v) is 7.25. The Morgan fingerprint density at radius 3 is 2.68 bits per heavy atom. The van der Waals surface area contributed by atoms with Crippen LogP contribution in [0.1, 0.15) is 36.2 Å². The van der Waals surface area contributed by atoms with Crippen LogP contribution in [0.4, 0.5) is 0 Å². The molecule has 1 saturated carbocycles. The van der Waals surface area contributed by atoms with Gasteiger partial charge in [0.1, 0.15) is 0 Å². The average Bonchev–Trinajstić information content (AvgIpc) is 2.36. The van der Waals surface area contributed by atoms with Gasteiger partial charge >= 0.3 is 0 Å². The number of methoxy groups -OCH3 is 1. The van der Waals surface area contributed by atoms with Crippen molar-refractivity contribution in [1.82, 2.24) is 5.32 Å². The number of benzene rings is 1. The normalized spacial score (nSPS) is 24.7. The molecule has 2 atom stereocenters. The van der Waals surface area contributed by atoms with Crippen LogP contribution in [0.25, 0.3) is 0 Å². The van der Waals surface area contributed by atoms with Gasteiger partial charge in [0.05, 0.1) is 6.10 Å². The van der Waals surface area contributed by atoms with Gasteiger partial charge in [-0.15, -0.1) is 0 Å². The molecule has 0 bridgehead atoms. The van der Waals surface area contributed by atoms with Crippen molar-refractivity contribution >= 4 is 21.8 Å². The van der Waals surface area contributed by atoms with E-state index in [-0.39, 0.29) is 23.5 Å². The minimum absolute atomic E-state index is 0.00760. The second-order valence-electron chi connectivity index (χ2n) is 5.77. The number of nitrogens with one attached hydrogen (secondary N) is 1. The zero-order chi connectivity index (χ0) is 14.2. The van der Waals surface area contributed by atoms with Gasteiger partial charge in [-0.25, -0.2) is 0 Å². The van der Waals surface area contributed by atoms with E-state index in [0.717, 1.165) is 16.5 Å². The maximum atomic E-state index is 12.2. The molecule has 19 heavy (non-hydrogen) atoms. The molecule has 4 heteroatoms. The van der Waals surface area contributed by atoms with Gasteiger partial charge in [0.2, 0.25) is 0 Å². The molecule has 1 amide bonds. The van der Waals surface area contributed by atoms with Crippen molar-refractivity contribution in [2.75, 3.05) is 7.11 Å². The van der Waals surface area contributed by atoms with Gasteiger partial charge in [-0.1, -0.05) is 35.8 Å². The Balaban J connectivity index is 2.04. The van der Waals surface area contributed by atoms with Gasteiger partial charge < -0.3 is 10.1 Å². The fourth-order valence-corrected chi connectivity index (χ4v) is 2.88. The summed E-state index contributed by atoms with van der Waals surface area (Å²) in [6, 6.07) is 5.84. The molecule has 1 aromatic rings. The van der Waals surface area contributed by atoms with Crippen LogP contribution in [0.3, 0.4) is 0 Å². The van der Waals surface area contributed by atoms with Crippen LogP contribution in [-0.2, 0) is 4.74 Å². The van der Waals surface area contributed by atoms with E-state index in [1.165, 1.54) is 0 Å². The van der Waals surface area contributed by atoms with E-state index < -0.39 is 0 Å². The van der Waals surface area contributed by atoms with Crippen molar-refractivity contribution in [3.05, 3.63) is 33.8 Å². The predicted octanol–water partition coefficient (Wildman–Crippen LogP) is 3.30. The van der Waals surface area contributed by atoms with Gasteiger partial charge in [0, 0.05) is 28.6 Å². The first-order chi connectivity index (χ1) is 8.86. The van der Waals surface area contributed by atoms with Crippen LogP contribution >= 0.6 is 15.9 Å². The molecule has 1 aliphatic carbocycles. The zero-order valence-corrected chi connectivity index (χ0v) is 13.4. The molecule has 1 fully saturated rings. The number of carbonyl (C=O) groups excluding carboxylic acids is 1. The maximum Gasteiger partial charge on any atom is 0.251 e. The molecule has 0 saturated heterocycles. The average molecular weight is 326 g/mol. The van der Waals surface area contributed by atoms with Crippen LogP contribution < -0.4 is 5.32 Å². The number of aryl methyl sites for hydroxylation is 1. The Hall–Kier alpha value is -0.870. The molecule has 1 N–H and O–H groups in total. The minimum atomic E-state index is -0.0201. The van der Waals surface area contributed by atoms with Crippen molar-refractivity contribution < 1.29 is 9.53 Å². The van der Waals surface area contributed by atoms with Gasteiger partial charge in [-0.2, -0.15) is 0 Å². The molecular weight excluding hydrogens is 306 g/mol. The summed E-state index contributed by atoms with van der Waals surface area (Å²) in [6.07, 6.45) is 1.10. The fourth-order valence-electron chi connectivity index (χ4n) is 2.51. The topological polar surface area (TPSA) is 38.3 Å². The number of hydrogen-bond acceptors (Lipinski definition) is 2. The van der Waals surface area contributed by atoms with Crippen LogP contribution in [0.2, 0.25) is 0 Å². The molecule has 0 heterocycles.